The molecule has 0 unspecified atom stereocenters. The maximum absolute atomic E-state index is 4.47. The quantitative estimate of drug-likeness (QED) is 0.719. The number of benzene rings is 1. The molecule has 0 spiro atoms. The molecule has 120 valence electrons. The van der Waals surface area contributed by atoms with Crippen LogP contribution >= 0.6 is 0 Å². The molecule has 3 aromatic rings. The first-order valence-electron chi connectivity index (χ1n) is 8.30. The Morgan fingerprint density at radius 3 is 2.87 bits per heavy atom. The van der Waals surface area contributed by atoms with E-state index in [4.69, 9.17) is 0 Å². The van der Waals surface area contributed by atoms with Gasteiger partial charge in [-0.3, -0.25) is 9.88 Å². The SMILES string of the molecule is CCCCc1ncc(CN(C)Cc2cccc3ncccc23)[nH]1. The molecule has 23 heavy (non-hydrogen) atoms. The molecule has 0 saturated heterocycles. The zero-order valence-corrected chi connectivity index (χ0v) is 13.9. The van der Waals surface area contributed by atoms with Crippen molar-refractivity contribution in [1.29, 1.82) is 0 Å². The maximum atomic E-state index is 4.47. The number of unbranched alkanes of at least 4 members (excludes halogenated alkanes) is 1. The third-order valence-corrected chi connectivity index (χ3v) is 4.06. The van der Waals surface area contributed by atoms with Gasteiger partial charge in [0.1, 0.15) is 5.82 Å². The molecule has 0 aliphatic rings. The molecule has 0 bridgehead atoms. The number of aromatic amines is 1. The number of H-pyrrole nitrogens is 1. The second kappa shape index (κ2) is 7.38. The lowest BCUT2D eigenvalue weighted by atomic mass is 10.1. The molecule has 0 radical (unpaired) electrons. The fraction of sp³-hybridized carbons (Fsp3) is 0.368. The second-order valence-corrected chi connectivity index (χ2v) is 6.12. The zero-order chi connectivity index (χ0) is 16.1. The molecule has 4 heteroatoms. The number of hydrogen-bond acceptors (Lipinski definition) is 3. The number of pyridine rings is 1. The summed E-state index contributed by atoms with van der Waals surface area (Å²) in [6.07, 6.45) is 7.23. The first-order chi connectivity index (χ1) is 11.3. The van der Waals surface area contributed by atoms with Gasteiger partial charge in [-0.25, -0.2) is 4.98 Å². The Labute approximate surface area is 137 Å². The average Bonchev–Trinajstić information content (AvgIpc) is 3.00. The van der Waals surface area contributed by atoms with Crippen LogP contribution in [0.1, 0.15) is 36.8 Å². The van der Waals surface area contributed by atoms with Crippen LogP contribution in [0.3, 0.4) is 0 Å². The molecular weight excluding hydrogens is 284 g/mol. The van der Waals surface area contributed by atoms with E-state index in [1.54, 1.807) is 0 Å². The summed E-state index contributed by atoms with van der Waals surface area (Å²) in [4.78, 5) is 14.6. The summed E-state index contributed by atoms with van der Waals surface area (Å²) in [7, 11) is 2.14. The van der Waals surface area contributed by atoms with Crippen LogP contribution in [0.4, 0.5) is 0 Å². The monoisotopic (exact) mass is 308 g/mol. The van der Waals surface area contributed by atoms with E-state index in [2.05, 4.69) is 58.1 Å². The lowest BCUT2D eigenvalue weighted by Gasteiger charge is -2.17. The highest BCUT2D eigenvalue weighted by Crippen LogP contribution is 2.18. The zero-order valence-electron chi connectivity index (χ0n) is 13.9. The number of imidazole rings is 1. The number of aryl methyl sites for hydroxylation is 1. The van der Waals surface area contributed by atoms with Gasteiger partial charge in [-0.05, 0) is 31.2 Å². The molecule has 0 atom stereocenters. The molecule has 0 aliphatic carbocycles. The third-order valence-electron chi connectivity index (χ3n) is 4.06. The Kier molecular flexibility index (Phi) is 5.03. The van der Waals surface area contributed by atoms with E-state index in [1.807, 2.05) is 18.5 Å². The summed E-state index contributed by atoms with van der Waals surface area (Å²) in [5, 5.41) is 1.23. The first-order valence-corrected chi connectivity index (χ1v) is 8.30. The lowest BCUT2D eigenvalue weighted by molar-refractivity contribution is 0.316. The molecule has 0 saturated carbocycles. The van der Waals surface area contributed by atoms with Crippen LogP contribution in [0.5, 0.6) is 0 Å². The number of fused-ring (bicyclic) bond motifs is 1. The Balaban J connectivity index is 1.66. The smallest absolute Gasteiger partial charge is 0.106 e. The van der Waals surface area contributed by atoms with Crippen molar-refractivity contribution in [1.82, 2.24) is 19.9 Å². The molecular formula is C19H24N4. The average molecular weight is 308 g/mol. The standard InChI is InChI=1S/C19H24N4/c1-3-4-10-19-21-12-16(22-19)14-23(2)13-15-7-5-9-18-17(15)8-6-11-20-18/h5-9,11-12H,3-4,10,13-14H2,1-2H3,(H,21,22). The molecule has 1 aromatic carbocycles. The molecule has 1 N–H and O–H groups in total. The number of nitrogens with zero attached hydrogens (tertiary/aromatic N) is 3. The minimum absolute atomic E-state index is 0.871. The summed E-state index contributed by atoms with van der Waals surface area (Å²) in [5.41, 5.74) is 3.54. The highest BCUT2D eigenvalue weighted by Gasteiger charge is 2.07. The molecule has 4 nitrogen and oxygen atoms in total. The predicted molar refractivity (Wildman–Crippen MR) is 94.1 cm³/mol. The van der Waals surface area contributed by atoms with Crippen LogP contribution < -0.4 is 0 Å². The number of rotatable bonds is 7. The van der Waals surface area contributed by atoms with Crippen molar-refractivity contribution >= 4 is 10.9 Å². The van der Waals surface area contributed by atoms with Gasteiger partial charge in [0.15, 0.2) is 0 Å². The van der Waals surface area contributed by atoms with Crippen LogP contribution in [0.2, 0.25) is 0 Å². The van der Waals surface area contributed by atoms with E-state index in [0.717, 1.165) is 30.9 Å². The van der Waals surface area contributed by atoms with Crippen LogP contribution in [0.15, 0.2) is 42.7 Å². The Bertz CT molecular complexity index is 757. The Morgan fingerprint density at radius 1 is 1.09 bits per heavy atom. The van der Waals surface area contributed by atoms with Gasteiger partial charge in [0, 0.05) is 43.0 Å². The molecule has 0 fully saturated rings. The van der Waals surface area contributed by atoms with Crippen molar-refractivity contribution in [3.63, 3.8) is 0 Å². The van der Waals surface area contributed by atoms with Crippen molar-refractivity contribution in [3.05, 3.63) is 59.8 Å². The van der Waals surface area contributed by atoms with E-state index >= 15 is 0 Å². The summed E-state index contributed by atoms with van der Waals surface area (Å²) in [6, 6.07) is 10.5. The van der Waals surface area contributed by atoms with E-state index < -0.39 is 0 Å². The summed E-state index contributed by atoms with van der Waals surface area (Å²) in [5.74, 6) is 1.10. The van der Waals surface area contributed by atoms with Crippen molar-refractivity contribution in [2.24, 2.45) is 0 Å². The van der Waals surface area contributed by atoms with E-state index in [9.17, 15) is 0 Å². The number of aromatic nitrogens is 3. The van der Waals surface area contributed by atoms with Gasteiger partial charge in [0.05, 0.1) is 5.52 Å². The van der Waals surface area contributed by atoms with Gasteiger partial charge in [-0.15, -0.1) is 0 Å². The number of nitrogens with one attached hydrogen (secondary N) is 1. The third kappa shape index (κ3) is 3.96. The van der Waals surface area contributed by atoms with Crippen LogP contribution in [0.25, 0.3) is 10.9 Å². The minimum atomic E-state index is 0.871. The van der Waals surface area contributed by atoms with Gasteiger partial charge in [-0.2, -0.15) is 0 Å². The first kappa shape index (κ1) is 15.7. The van der Waals surface area contributed by atoms with Crippen molar-refractivity contribution in [2.45, 2.75) is 39.3 Å². The van der Waals surface area contributed by atoms with E-state index in [1.165, 1.54) is 29.5 Å². The van der Waals surface area contributed by atoms with E-state index in [-0.39, 0.29) is 0 Å². The fourth-order valence-corrected chi connectivity index (χ4v) is 2.90. The number of hydrogen-bond donors (Lipinski definition) is 1. The molecule has 3 rings (SSSR count). The second-order valence-electron chi connectivity index (χ2n) is 6.12. The van der Waals surface area contributed by atoms with Gasteiger partial charge < -0.3 is 4.98 Å². The van der Waals surface area contributed by atoms with E-state index in [0.29, 0.717) is 0 Å². The molecule has 0 amide bonds. The summed E-state index contributed by atoms with van der Waals surface area (Å²) >= 11 is 0. The normalized spacial score (nSPS) is 11.4. The maximum Gasteiger partial charge on any atom is 0.106 e. The van der Waals surface area contributed by atoms with Crippen LogP contribution in [-0.4, -0.2) is 26.9 Å². The summed E-state index contributed by atoms with van der Waals surface area (Å²) in [6.45, 7) is 3.97. The highest BCUT2D eigenvalue weighted by atomic mass is 15.1. The summed E-state index contributed by atoms with van der Waals surface area (Å²) < 4.78 is 0. The fourth-order valence-electron chi connectivity index (χ4n) is 2.90. The van der Waals surface area contributed by atoms with Gasteiger partial charge in [-0.1, -0.05) is 31.5 Å². The van der Waals surface area contributed by atoms with Gasteiger partial charge >= 0.3 is 0 Å². The predicted octanol–water partition coefficient (Wildman–Crippen LogP) is 3.93. The van der Waals surface area contributed by atoms with Crippen LogP contribution in [-0.2, 0) is 19.5 Å². The molecule has 0 aliphatic heterocycles. The Hall–Kier alpha value is -2.20. The molecule has 2 heterocycles. The lowest BCUT2D eigenvalue weighted by Crippen LogP contribution is -2.17. The van der Waals surface area contributed by atoms with Gasteiger partial charge in [0.2, 0.25) is 0 Å². The van der Waals surface area contributed by atoms with Crippen LogP contribution in [0, 0.1) is 0 Å². The van der Waals surface area contributed by atoms with Crippen molar-refractivity contribution in [3.8, 4) is 0 Å². The minimum Gasteiger partial charge on any atom is -0.345 e. The van der Waals surface area contributed by atoms with Crippen molar-refractivity contribution < 1.29 is 0 Å². The largest absolute Gasteiger partial charge is 0.345 e. The molecule has 2 aromatic heterocycles. The van der Waals surface area contributed by atoms with Crippen molar-refractivity contribution in [2.75, 3.05) is 7.05 Å². The van der Waals surface area contributed by atoms with Gasteiger partial charge in [0.25, 0.3) is 0 Å². The Morgan fingerprint density at radius 2 is 2.00 bits per heavy atom. The topological polar surface area (TPSA) is 44.8 Å². The highest BCUT2D eigenvalue weighted by molar-refractivity contribution is 5.81.